The predicted octanol–water partition coefficient (Wildman–Crippen LogP) is 6.13. The third-order valence-electron chi connectivity index (χ3n) is 2.99. The number of thiazole rings is 1. The summed E-state index contributed by atoms with van der Waals surface area (Å²) in [7, 11) is 0. The van der Waals surface area contributed by atoms with E-state index < -0.39 is 0 Å². The molecule has 1 nitrogen and oxygen atoms in total. The van der Waals surface area contributed by atoms with Gasteiger partial charge in [0.25, 0.3) is 0 Å². The number of nitrogens with zero attached hydrogens (tertiary/aromatic N) is 1. The molecule has 5 heteroatoms. The molecule has 3 aromatic rings. The van der Waals surface area contributed by atoms with E-state index in [0.29, 0.717) is 16.5 Å². The topological polar surface area (TPSA) is 12.9 Å². The van der Waals surface area contributed by atoms with E-state index in [2.05, 4.69) is 11.1 Å². The Balaban J connectivity index is 1.86. The maximum Gasteiger partial charge on any atom is 0.0956 e. The lowest BCUT2D eigenvalue weighted by molar-refractivity contribution is 0.911. The van der Waals surface area contributed by atoms with Crippen molar-refractivity contribution >= 4 is 56.4 Å². The minimum atomic E-state index is -0.208. The molecule has 0 N–H and O–H groups in total. The van der Waals surface area contributed by atoms with Gasteiger partial charge in [-0.25, -0.2) is 4.98 Å². The highest BCUT2D eigenvalue weighted by Gasteiger charge is 2.15. The van der Waals surface area contributed by atoms with Gasteiger partial charge in [-0.2, -0.15) is 0 Å². The lowest BCUT2D eigenvalue weighted by atomic mass is 10.1. The van der Waals surface area contributed by atoms with E-state index in [4.69, 9.17) is 34.8 Å². The normalized spacial score (nSPS) is 12.8. The molecule has 2 aromatic carbocycles. The highest BCUT2D eigenvalue weighted by atomic mass is 35.5. The van der Waals surface area contributed by atoms with Gasteiger partial charge < -0.3 is 0 Å². The molecule has 0 spiro atoms. The van der Waals surface area contributed by atoms with Crippen LogP contribution in [0.5, 0.6) is 0 Å². The zero-order chi connectivity index (χ0) is 14.1. The summed E-state index contributed by atoms with van der Waals surface area (Å²) >= 11 is 20.2. The van der Waals surface area contributed by atoms with Crippen molar-refractivity contribution in [2.45, 2.75) is 11.8 Å². The Bertz CT molecular complexity index is 721. The first-order valence-corrected chi connectivity index (χ1v) is 8.08. The van der Waals surface area contributed by atoms with Crippen LogP contribution in [-0.2, 0) is 6.42 Å². The van der Waals surface area contributed by atoms with Crippen LogP contribution in [-0.4, -0.2) is 4.98 Å². The second-order valence-electron chi connectivity index (χ2n) is 4.41. The van der Waals surface area contributed by atoms with Crippen molar-refractivity contribution in [3.63, 3.8) is 0 Å². The number of alkyl halides is 1. The molecule has 0 radical (unpaired) electrons. The van der Waals surface area contributed by atoms with Crippen LogP contribution in [0.1, 0.15) is 15.9 Å². The standard InChI is InChI=1S/C15H10Cl3NS/c16-9-5-6-10(11(17)7-9)12(18)8-15-19-13-3-1-2-4-14(13)20-15/h1-7,12H,8H2. The van der Waals surface area contributed by atoms with E-state index in [1.165, 1.54) is 4.70 Å². The van der Waals surface area contributed by atoms with Gasteiger partial charge in [0.1, 0.15) is 0 Å². The fourth-order valence-corrected chi connectivity index (χ4v) is 4.06. The maximum atomic E-state index is 6.47. The van der Waals surface area contributed by atoms with E-state index >= 15 is 0 Å². The van der Waals surface area contributed by atoms with Crippen molar-refractivity contribution in [3.05, 3.63) is 63.1 Å². The summed E-state index contributed by atoms with van der Waals surface area (Å²) in [6, 6.07) is 13.5. The number of benzene rings is 2. The number of halogens is 3. The van der Waals surface area contributed by atoms with Crippen LogP contribution in [0.25, 0.3) is 10.2 Å². The van der Waals surface area contributed by atoms with E-state index in [9.17, 15) is 0 Å². The number of rotatable bonds is 3. The molecule has 0 amide bonds. The van der Waals surface area contributed by atoms with Crippen molar-refractivity contribution in [1.82, 2.24) is 4.98 Å². The summed E-state index contributed by atoms with van der Waals surface area (Å²) < 4.78 is 1.17. The number of hydrogen-bond acceptors (Lipinski definition) is 2. The minimum Gasteiger partial charge on any atom is -0.241 e. The summed E-state index contributed by atoms with van der Waals surface area (Å²) in [6.45, 7) is 0. The summed E-state index contributed by atoms with van der Waals surface area (Å²) in [4.78, 5) is 4.59. The van der Waals surface area contributed by atoms with Gasteiger partial charge in [-0.1, -0.05) is 41.4 Å². The SMILES string of the molecule is Clc1ccc(C(Cl)Cc2nc3ccccc3s2)c(Cl)c1. The molecule has 1 heterocycles. The van der Waals surface area contributed by atoms with Crippen molar-refractivity contribution in [2.24, 2.45) is 0 Å². The molecule has 102 valence electrons. The van der Waals surface area contributed by atoms with E-state index in [1.54, 1.807) is 23.5 Å². The van der Waals surface area contributed by atoms with Gasteiger partial charge in [0, 0.05) is 16.5 Å². The molecule has 1 aromatic heterocycles. The zero-order valence-corrected chi connectivity index (χ0v) is 13.4. The Morgan fingerprint density at radius 1 is 1.10 bits per heavy atom. The Morgan fingerprint density at radius 2 is 1.90 bits per heavy atom. The lowest BCUT2D eigenvalue weighted by Crippen LogP contribution is -1.96. The second-order valence-corrected chi connectivity index (χ2v) is 6.90. The fraction of sp³-hybridized carbons (Fsp3) is 0.133. The average Bonchev–Trinajstić information content (AvgIpc) is 2.80. The van der Waals surface area contributed by atoms with Crippen molar-refractivity contribution in [2.75, 3.05) is 0 Å². The van der Waals surface area contributed by atoms with E-state index in [1.807, 2.05) is 24.3 Å². The first kappa shape index (κ1) is 14.2. The molecule has 1 atom stereocenters. The second kappa shape index (κ2) is 5.90. The number of fused-ring (bicyclic) bond motifs is 1. The van der Waals surface area contributed by atoms with Crippen LogP contribution in [0.3, 0.4) is 0 Å². The molecule has 0 aliphatic carbocycles. The number of aromatic nitrogens is 1. The summed E-state index contributed by atoms with van der Waals surface area (Å²) in [5.74, 6) is 0. The number of para-hydroxylation sites is 1. The minimum absolute atomic E-state index is 0.208. The highest BCUT2D eigenvalue weighted by Crippen LogP contribution is 2.34. The van der Waals surface area contributed by atoms with Gasteiger partial charge in [0.15, 0.2) is 0 Å². The van der Waals surface area contributed by atoms with Gasteiger partial charge in [-0.15, -0.1) is 22.9 Å². The first-order chi connectivity index (χ1) is 9.63. The van der Waals surface area contributed by atoms with Crippen LogP contribution in [0.2, 0.25) is 10.0 Å². The largest absolute Gasteiger partial charge is 0.241 e. The van der Waals surface area contributed by atoms with Crippen LogP contribution in [0.15, 0.2) is 42.5 Å². The van der Waals surface area contributed by atoms with Crippen molar-refractivity contribution in [1.29, 1.82) is 0 Å². The third-order valence-corrected chi connectivity index (χ3v) is 5.00. The molecular formula is C15H10Cl3NS. The monoisotopic (exact) mass is 341 g/mol. The molecular weight excluding hydrogens is 333 g/mol. The van der Waals surface area contributed by atoms with Gasteiger partial charge >= 0.3 is 0 Å². The summed E-state index contributed by atoms with van der Waals surface area (Å²) in [5, 5.41) is 2.01. The van der Waals surface area contributed by atoms with Crippen LogP contribution in [0, 0.1) is 0 Å². The molecule has 0 fully saturated rings. The van der Waals surface area contributed by atoms with Gasteiger partial charge in [-0.05, 0) is 29.8 Å². The van der Waals surface area contributed by atoms with Gasteiger partial charge in [0.2, 0.25) is 0 Å². The highest BCUT2D eigenvalue weighted by molar-refractivity contribution is 7.18. The Kier molecular flexibility index (Phi) is 4.18. The van der Waals surface area contributed by atoms with Crippen LogP contribution < -0.4 is 0 Å². The Labute approximate surface area is 136 Å². The van der Waals surface area contributed by atoms with Crippen LogP contribution in [0.4, 0.5) is 0 Å². The molecule has 1 unspecified atom stereocenters. The Hall–Kier alpha value is -0.800. The van der Waals surface area contributed by atoms with Crippen LogP contribution >= 0.6 is 46.1 Å². The van der Waals surface area contributed by atoms with E-state index in [-0.39, 0.29) is 5.38 Å². The Morgan fingerprint density at radius 3 is 2.65 bits per heavy atom. The van der Waals surface area contributed by atoms with Gasteiger partial charge in [-0.3, -0.25) is 0 Å². The van der Waals surface area contributed by atoms with Crippen molar-refractivity contribution in [3.8, 4) is 0 Å². The smallest absolute Gasteiger partial charge is 0.0956 e. The van der Waals surface area contributed by atoms with Gasteiger partial charge in [0.05, 0.1) is 20.6 Å². The third kappa shape index (κ3) is 2.94. The zero-order valence-electron chi connectivity index (χ0n) is 10.3. The molecule has 0 saturated heterocycles. The molecule has 3 rings (SSSR count). The molecule has 0 aliphatic rings. The first-order valence-electron chi connectivity index (χ1n) is 6.07. The molecule has 20 heavy (non-hydrogen) atoms. The maximum absolute atomic E-state index is 6.47. The van der Waals surface area contributed by atoms with E-state index in [0.717, 1.165) is 16.1 Å². The molecule has 0 bridgehead atoms. The lowest BCUT2D eigenvalue weighted by Gasteiger charge is -2.10. The predicted molar refractivity (Wildman–Crippen MR) is 88.4 cm³/mol. The molecule has 0 saturated carbocycles. The summed E-state index contributed by atoms with van der Waals surface area (Å²) in [5.41, 5.74) is 1.90. The van der Waals surface area contributed by atoms with Crippen molar-refractivity contribution < 1.29 is 0 Å². The fourth-order valence-electron chi connectivity index (χ4n) is 2.03. The quantitative estimate of drug-likeness (QED) is 0.522. The average molecular weight is 343 g/mol. The number of hydrogen-bond donors (Lipinski definition) is 0. The molecule has 0 aliphatic heterocycles. The summed E-state index contributed by atoms with van der Waals surface area (Å²) in [6.07, 6.45) is 0.655.